The molecule has 3 aromatic carbocycles. The Labute approximate surface area is 311 Å². The Balaban J connectivity index is 1.28. The van der Waals surface area contributed by atoms with E-state index < -0.39 is 80.6 Å². The number of hydrogen-bond donors (Lipinski definition) is 10. The van der Waals surface area contributed by atoms with Gasteiger partial charge in [0.15, 0.2) is 11.5 Å². The predicted octanol–water partition coefficient (Wildman–Crippen LogP) is 0.128. The van der Waals surface area contributed by atoms with Crippen LogP contribution in [0.2, 0.25) is 0 Å². The summed E-state index contributed by atoms with van der Waals surface area (Å²) in [6, 6.07) is 13.6. The zero-order valence-electron chi connectivity index (χ0n) is 28.9. The Morgan fingerprint density at radius 2 is 1.36 bits per heavy atom. The Morgan fingerprint density at radius 1 is 0.727 bits per heavy atom. The Kier molecular flexibility index (Phi) is 11.9. The summed E-state index contributed by atoms with van der Waals surface area (Å²) in [7, 11) is 1.36. The number of fused-ring (bicyclic) bond motifs is 1. The molecule has 0 spiro atoms. The smallest absolute Gasteiger partial charge is 0.402 e. The van der Waals surface area contributed by atoms with Crippen LogP contribution >= 0.6 is 0 Å². The minimum absolute atomic E-state index is 0.0285. The second kappa shape index (κ2) is 16.6. The van der Waals surface area contributed by atoms with E-state index >= 15 is 0 Å². The van der Waals surface area contributed by atoms with Crippen LogP contribution in [0.15, 0.2) is 71.2 Å². The van der Waals surface area contributed by atoms with Gasteiger partial charge in [-0.3, -0.25) is 0 Å². The second-order valence-corrected chi connectivity index (χ2v) is 12.7. The summed E-state index contributed by atoms with van der Waals surface area (Å²) in [6.45, 7) is -1.33. The molecule has 3 heterocycles. The zero-order valence-corrected chi connectivity index (χ0v) is 28.9. The van der Waals surface area contributed by atoms with Crippen LogP contribution in [0.5, 0.6) is 34.5 Å². The highest BCUT2D eigenvalue weighted by Crippen LogP contribution is 2.42. The number of ether oxygens (including phenoxy) is 6. The number of aromatic hydroxyl groups is 3. The molecule has 10 N–H and O–H groups in total. The molecule has 2 saturated heterocycles. The molecule has 0 amide bonds. The fourth-order valence-electron chi connectivity index (χ4n) is 5.91. The van der Waals surface area contributed by atoms with Gasteiger partial charge >= 0.3 is 17.3 Å². The lowest BCUT2D eigenvalue weighted by atomic mass is 9.99. The molecule has 0 radical (unpaired) electrons. The van der Waals surface area contributed by atoms with Crippen LogP contribution in [-0.4, -0.2) is 139 Å². The first kappa shape index (κ1) is 39.4. The molecular weight excluding hydrogens is 732 g/mol. The molecule has 6 rings (SSSR count). The van der Waals surface area contributed by atoms with Gasteiger partial charge in [0.1, 0.15) is 78.1 Å². The van der Waals surface area contributed by atoms with E-state index in [0.717, 1.165) is 12.1 Å². The van der Waals surface area contributed by atoms with Gasteiger partial charge in [-0.2, -0.15) is 0 Å². The van der Waals surface area contributed by atoms with Crippen LogP contribution in [0.25, 0.3) is 28.4 Å². The average Bonchev–Trinajstić information content (AvgIpc) is 3.17. The molecule has 0 bridgehead atoms. The van der Waals surface area contributed by atoms with Crippen molar-refractivity contribution in [1.82, 2.24) is 0 Å². The highest BCUT2D eigenvalue weighted by molar-refractivity contribution is 5.89. The molecule has 0 saturated carbocycles. The Morgan fingerprint density at radius 3 is 2.02 bits per heavy atom. The van der Waals surface area contributed by atoms with E-state index in [4.69, 9.17) is 32.8 Å². The van der Waals surface area contributed by atoms with Gasteiger partial charge in [0.2, 0.25) is 18.3 Å². The lowest BCUT2D eigenvalue weighted by molar-refractivity contribution is -0.278. The van der Waals surface area contributed by atoms with Crippen LogP contribution in [-0.2, 0) is 19.0 Å². The molecule has 2 aliphatic heterocycles. The maximum Gasteiger partial charge on any atom is 0.402 e. The summed E-state index contributed by atoms with van der Waals surface area (Å²) in [5.41, 5.74) is 0.776. The molecule has 1 aromatic heterocycles. The Hall–Kier alpha value is -5.28. The summed E-state index contributed by atoms with van der Waals surface area (Å²) in [5.74, 6) is -1.68. The molecule has 0 aliphatic carbocycles. The summed E-state index contributed by atoms with van der Waals surface area (Å²) in [5, 5.41) is 103. The topological polar surface area (TPSA) is 286 Å². The molecule has 10 unspecified atom stereocenters. The summed E-state index contributed by atoms with van der Waals surface area (Å²) in [4.78, 5) is 12.6. The number of phenolic OH excluding ortho intramolecular Hbond substituents is 3. The molecule has 18 nitrogen and oxygen atoms in total. The van der Waals surface area contributed by atoms with E-state index in [1.165, 1.54) is 67.8 Å². The van der Waals surface area contributed by atoms with E-state index in [-0.39, 0.29) is 51.2 Å². The molecule has 2 aliphatic rings. The van der Waals surface area contributed by atoms with E-state index in [2.05, 4.69) is 0 Å². The molecule has 294 valence electrons. The predicted molar refractivity (Wildman–Crippen MR) is 186 cm³/mol. The van der Waals surface area contributed by atoms with Crippen molar-refractivity contribution in [3.8, 4) is 45.8 Å². The molecular formula is C37H39O18+. The molecule has 55 heavy (non-hydrogen) atoms. The number of benzene rings is 3. The lowest BCUT2D eigenvalue weighted by Crippen LogP contribution is -2.60. The van der Waals surface area contributed by atoms with E-state index in [1.54, 1.807) is 0 Å². The number of esters is 1. The summed E-state index contributed by atoms with van der Waals surface area (Å²) >= 11 is 0. The van der Waals surface area contributed by atoms with Gasteiger partial charge in [0.05, 0.1) is 25.3 Å². The van der Waals surface area contributed by atoms with Gasteiger partial charge in [-0.15, -0.1) is 0 Å². The van der Waals surface area contributed by atoms with Crippen molar-refractivity contribution in [2.75, 3.05) is 20.3 Å². The van der Waals surface area contributed by atoms with E-state index in [0.29, 0.717) is 11.1 Å². The van der Waals surface area contributed by atoms with Crippen LogP contribution < -0.4 is 14.2 Å². The van der Waals surface area contributed by atoms with Gasteiger partial charge in [-0.1, -0.05) is 6.07 Å². The monoisotopic (exact) mass is 771 g/mol. The lowest BCUT2D eigenvalue weighted by Gasteiger charge is -2.39. The third-order valence-corrected chi connectivity index (χ3v) is 8.94. The fourth-order valence-corrected chi connectivity index (χ4v) is 5.91. The largest absolute Gasteiger partial charge is 0.508 e. The first-order chi connectivity index (χ1) is 26.3. The minimum Gasteiger partial charge on any atom is -0.508 e. The highest BCUT2D eigenvalue weighted by atomic mass is 16.7. The maximum atomic E-state index is 12.6. The van der Waals surface area contributed by atoms with Crippen LogP contribution in [0, 0.1) is 0 Å². The minimum atomic E-state index is -1.88. The van der Waals surface area contributed by atoms with Crippen LogP contribution in [0.1, 0.15) is 5.56 Å². The van der Waals surface area contributed by atoms with Crippen LogP contribution in [0.4, 0.5) is 0 Å². The fraction of sp³-hybridized carbons (Fsp3) is 0.351. The average molecular weight is 772 g/mol. The second-order valence-electron chi connectivity index (χ2n) is 12.7. The number of carbonyl (C=O) groups excluding carboxylic acids is 1. The van der Waals surface area contributed by atoms with E-state index in [9.17, 15) is 55.9 Å². The molecule has 2 fully saturated rings. The van der Waals surface area contributed by atoms with Gasteiger partial charge in [0, 0.05) is 18.2 Å². The number of carbonyl (C=O) groups is 1. The maximum absolute atomic E-state index is 12.6. The number of phenols is 3. The van der Waals surface area contributed by atoms with Gasteiger partial charge in [-0.25, -0.2) is 9.21 Å². The molecule has 4 aromatic rings. The highest BCUT2D eigenvalue weighted by Gasteiger charge is 2.47. The van der Waals surface area contributed by atoms with Crippen LogP contribution in [0.3, 0.4) is 0 Å². The number of aliphatic hydroxyl groups excluding tert-OH is 7. The standard InChI is InChI=1S/C37H38O18/c1-49-24-10-16(2-8-21(24)41)3-9-28(42)50-15-27-30(44)32(46)34(48)37(55-27)53-25-13-20-22(51-35(25)17-4-6-18(39)7-5-17)11-19(40)12-23(20)52-36-33(47)31(45)29(43)26(14-38)54-36/h2-13,26-27,29-34,36-38,43-48H,14-15H2,1H3,(H2-,39,40,41,42)/p+1. The molecule has 10 atom stereocenters. The summed E-state index contributed by atoms with van der Waals surface area (Å²) in [6.07, 6.45) is -14.4. The Bertz CT molecular complexity index is 2000. The number of methoxy groups -OCH3 is 1. The van der Waals surface area contributed by atoms with E-state index in [1.807, 2.05) is 0 Å². The van der Waals surface area contributed by atoms with Crippen molar-refractivity contribution < 1.29 is 88.7 Å². The third kappa shape index (κ3) is 8.52. The number of rotatable bonds is 11. The zero-order chi connectivity index (χ0) is 39.6. The van der Waals surface area contributed by atoms with Crippen molar-refractivity contribution >= 4 is 23.0 Å². The number of aliphatic hydroxyl groups is 7. The van der Waals surface area contributed by atoms with Gasteiger partial charge in [-0.05, 0) is 48.0 Å². The first-order valence-corrected chi connectivity index (χ1v) is 16.8. The van der Waals surface area contributed by atoms with Crippen molar-refractivity contribution in [2.45, 2.75) is 61.4 Å². The third-order valence-electron chi connectivity index (χ3n) is 8.94. The number of hydrogen-bond acceptors (Lipinski definition) is 17. The van der Waals surface area contributed by atoms with Gasteiger partial charge < -0.3 is 79.5 Å². The molecule has 18 heteroatoms. The first-order valence-electron chi connectivity index (χ1n) is 16.8. The summed E-state index contributed by atoms with van der Waals surface area (Å²) < 4.78 is 39.5. The SMILES string of the molecule is COc1cc(C=CC(=O)OCC2OC(Oc3cc4c(OC5OC(CO)C(O)C(O)C5O)cc(O)cc4[o+]c3-c3ccc(O)cc3)C(O)C(O)C2O)ccc1O. The van der Waals surface area contributed by atoms with Gasteiger partial charge in [0.25, 0.3) is 0 Å². The van der Waals surface area contributed by atoms with Crippen molar-refractivity contribution in [3.63, 3.8) is 0 Å². The normalized spacial score (nSPS) is 28.2. The van der Waals surface area contributed by atoms with Crippen molar-refractivity contribution in [3.05, 3.63) is 72.3 Å². The van der Waals surface area contributed by atoms with Crippen molar-refractivity contribution in [1.29, 1.82) is 0 Å². The quantitative estimate of drug-likeness (QED) is 0.0551. The van der Waals surface area contributed by atoms with Crippen molar-refractivity contribution in [2.24, 2.45) is 0 Å².